The van der Waals surface area contributed by atoms with Crippen LogP contribution in [0.3, 0.4) is 0 Å². The Morgan fingerprint density at radius 1 is 0.875 bits per heavy atom. The molecule has 0 bridgehead atoms. The molecule has 2 saturated carbocycles. The Bertz CT molecular complexity index is 422. The molecule has 24 heavy (non-hydrogen) atoms. The normalized spacial score (nSPS) is 19.5. The van der Waals surface area contributed by atoms with Crippen molar-refractivity contribution in [1.82, 2.24) is 10.2 Å². The molecule has 0 saturated heterocycles. The van der Waals surface area contributed by atoms with E-state index in [-0.39, 0.29) is 0 Å². The molecule has 2 fully saturated rings. The lowest BCUT2D eigenvalue weighted by Crippen LogP contribution is -2.44. The van der Waals surface area contributed by atoms with Gasteiger partial charge in [0, 0.05) is 30.1 Å². The van der Waals surface area contributed by atoms with E-state index < -0.39 is 0 Å². The first-order chi connectivity index (χ1) is 11.9. The lowest BCUT2D eigenvalue weighted by Gasteiger charge is -2.34. The summed E-state index contributed by atoms with van der Waals surface area (Å²) < 4.78 is 0. The maximum absolute atomic E-state index is 3.69. The Balaban J connectivity index is 1.29. The third kappa shape index (κ3) is 5.79. The number of hydrogen-bond acceptors (Lipinski definition) is 3. The number of nitrogens with one attached hydrogen (secondary N) is 1. The first-order valence-electron chi connectivity index (χ1n) is 10.1. The highest BCUT2D eigenvalue weighted by atomic mass is 32.2. The van der Waals surface area contributed by atoms with Crippen molar-refractivity contribution < 1.29 is 0 Å². The minimum Gasteiger partial charge on any atom is -0.315 e. The van der Waals surface area contributed by atoms with Crippen molar-refractivity contribution in [2.75, 3.05) is 25.4 Å². The molecule has 0 unspecified atom stereocenters. The van der Waals surface area contributed by atoms with Crippen LogP contribution in [-0.2, 0) is 0 Å². The summed E-state index contributed by atoms with van der Waals surface area (Å²) in [5, 5.41) is 3.69. The van der Waals surface area contributed by atoms with Gasteiger partial charge in [0.25, 0.3) is 0 Å². The third-order valence-corrected chi connectivity index (χ3v) is 6.74. The topological polar surface area (TPSA) is 15.3 Å². The summed E-state index contributed by atoms with van der Waals surface area (Å²) in [6.45, 7) is 3.59. The zero-order chi connectivity index (χ0) is 16.5. The van der Waals surface area contributed by atoms with Gasteiger partial charge < -0.3 is 5.32 Å². The predicted octanol–water partition coefficient (Wildman–Crippen LogP) is 4.95. The lowest BCUT2D eigenvalue weighted by atomic mass is 10.1. The van der Waals surface area contributed by atoms with Crippen LogP contribution in [0.2, 0.25) is 0 Å². The molecule has 2 aliphatic carbocycles. The molecule has 0 amide bonds. The summed E-state index contributed by atoms with van der Waals surface area (Å²) in [6, 6.07) is 12.5. The van der Waals surface area contributed by atoms with Crippen LogP contribution in [0.5, 0.6) is 0 Å². The molecule has 134 valence electrons. The van der Waals surface area contributed by atoms with Crippen molar-refractivity contribution in [3.05, 3.63) is 30.3 Å². The first-order valence-corrected chi connectivity index (χ1v) is 11.1. The average Bonchev–Trinajstić information content (AvgIpc) is 3.32. The van der Waals surface area contributed by atoms with Gasteiger partial charge in [-0.15, -0.1) is 11.8 Å². The second kappa shape index (κ2) is 10.5. The number of rotatable bonds is 10. The fourth-order valence-electron chi connectivity index (χ4n) is 4.37. The summed E-state index contributed by atoms with van der Waals surface area (Å²) in [6.07, 6.45) is 12.9. The molecular weight excluding hydrogens is 312 g/mol. The van der Waals surface area contributed by atoms with Gasteiger partial charge >= 0.3 is 0 Å². The van der Waals surface area contributed by atoms with Crippen LogP contribution in [0.4, 0.5) is 0 Å². The fraction of sp³-hybridized carbons (Fsp3) is 0.714. The van der Waals surface area contributed by atoms with Crippen LogP contribution in [0.25, 0.3) is 0 Å². The maximum Gasteiger partial charge on any atom is 0.0113 e. The number of nitrogens with zero attached hydrogens (tertiary/aromatic N) is 1. The Morgan fingerprint density at radius 3 is 2.12 bits per heavy atom. The molecule has 0 spiro atoms. The van der Waals surface area contributed by atoms with Gasteiger partial charge in [-0.05, 0) is 56.5 Å². The summed E-state index contributed by atoms with van der Waals surface area (Å²) in [4.78, 5) is 4.28. The number of benzene rings is 1. The third-order valence-electron chi connectivity index (χ3n) is 5.64. The summed E-state index contributed by atoms with van der Waals surface area (Å²) >= 11 is 1.98. The van der Waals surface area contributed by atoms with Crippen molar-refractivity contribution >= 4 is 11.8 Å². The van der Waals surface area contributed by atoms with Crippen molar-refractivity contribution in [2.24, 2.45) is 0 Å². The Kier molecular flexibility index (Phi) is 7.98. The monoisotopic (exact) mass is 346 g/mol. The lowest BCUT2D eigenvalue weighted by molar-refractivity contribution is 0.138. The first kappa shape index (κ1) is 18.3. The van der Waals surface area contributed by atoms with Crippen molar-refractivity contribution in [3.8, 4) is 0 Å². The van der Waals surface area contributed by atoms with Crippen LogP contribution in [0.1, 0.15) is 57.8 Å². The van der Waals surface area contributed by atoms with E-state index in [4.69, 9.17) is 0 Å². The van der Waals surface area contributed by atoms with Crippen LogP contribution in [0.15, 0.2) is 35.2 Å². The van der Waals surface area contributed by atoms with Gasteiger partial charge in [0.1, 0.15) is 0 Å². The molecule has 1 N–H and O–H groups in total. The number of hydrogen-bond donors (Lipinski definition) is 1. The molecular formula is C21H34N2S. The highest BCUT2D eigenvalue weighted by Gasteiger charge is 2.29. The van der Waals surface area contributed by atoms with Crippen molar-refractivity contribution in [3.63, 3.8) is 0 Å². The minimum atomic E-state index is 0.892. The maximum atomic E-state index is 3.69. The molecule has 0 aromatic heterocycles. The van der Waals surface area contributed by atoms with Gasteiger partial charge in [-0.3, -0.25) is 4.90 Å². The molecule has 0 radical (unpaired) electrons. The Hall–Kier alpha value is -0.510. The van der Waals surface area contributed by atoms with E-state index in [9.17, 15) is 0 Å². The second-order valence-corrected chi connectivity index (χ2v) is 8.55. The zero-order valence-electron chi connectivity index (χ0n) is 15.1. The molecule has 1 aromatic rings. The van der Waals surface area contributed by atoms with Crippen LogP contribution < -0.4 is 5.32 Å². The SMILES string of the molecule is c1ccc(SCCCNCCN(C2CCCC2)C2CCCC2)cc1. The summed E-state index contributed by atoms with van der Waals surface area (Å²) in [5.74, 6) is 1.21. The second-order valence-electron chi connectivity index (χ2n) is 7.38. The molecule has 0 aliphatic heterocycles. The van der Waals surface area contributed by atoms with Gasteiger partial charge in [-0.25, -0.2) is 0 Å². The smallest absolute Gasteiger partial charge is 0.0113 e. The van der Waals surface area contributed by atoms with E-state index in [0.29, 0.717) is 0 Å². The molecule has 0 heterocycles. The largest absolute Gasteiger partial charge is 0.315 e. The van der Waals surface area contributed by atoms with Crippen LogP contribution in [-0.4, -0.2) is 42.4 Å². The van der Waals surface area contributed by atoms with E-state index in [0.717, 1.165) is 18.6 Å². The van der Waals surface area contributed by atoms with E-state index in [1.807, 2.05) is 11.8 Å². The summed E-state index contributed by atoms with van der Waals surface area (Å²) in [5.41, 5.74) is 0. The predicted molar refractivity (Wildman–Crippen MR) is 106 cm³/mol. The van der Waals surface area contributed by atoms with Gasteiger partial charge in [-0.2, -0.15) is 0 Å². The van der Waals surface area contributed by atoms with E-state index in [1.54, 1.807) is 0 Å². The highest BCUT2D eigenvalue weighted by Crippen LogP contribution is 2.31. The quantitative estimate of drug-likeness (QED) is 0.477. The van der Waals surface area contributed by atoms with Crippen LogP contribution in [0, 0.1) is 0 Å². The van der Waals surface area contributed by atoms with Crippen molar-refractivity contribution in [2.45, 2.75) is 74.8 Å². The molecule has 2 aliphatic rings. The Morgan fingerprint density at radius 2 is 1.50 bits per heavy atom. The van der Waals surface area contributed by atoms with Gasteiger partial charge in [0.05, 0.1) is 0 Å². The fourth-order valence-corrected chi connectivity index (χ4v) is 5.25. The van der Waals surface area contributed by atoms with Gasteiger partial charge in [-0.1, -0.05) is 43.9 Å². The Labute approximate surface area is 152 Å². The molecule has 3 rings (SSSR count). The highest BCUT2D eigenvalue weighted by molar-refractivity contribution is 7.99. The van der Waals surface area contributed by atoms with Crippen LogP contribution >= 0.6 is 11.8 Å². The molecule has 3 heteroatoms. The van der Waals surface area contributed by atoms with E-state index in [1.165, 1.54) is 81.5 Å². The van der Waals surface area contributed by atoms with Gasteiger partial charge in [0.15, 0.2) is 0 Å². The van der Waals surface area contributed by atoms with Crippen molar-refractivity contribution in [1.29, 1.82) is 0 Å². The standard InChI is InChI=1S/C21H34N2S/c1-2-13-21(14-3-1)24-18-8-15-22-16-17-23(19-9-4-5-10-19)20-11-6-7-12-20/h1-3,13-14,19-20,22H,4-12,15-18H2. The molecule has 0 atom stereocenters. The number of thioether (sulfide) groups is 1. The van der Waals surface area contributed by atoms with E-state index in [2.05, 4.69) is 40.5 Å². The molecule has 1 aromatic carbocycles. The molecule has 2 nitrogen and oxygen atoms in total. The van der Waals surface area contributed by atoms with E-state index >= 15 is 0 Å². The minimum absolute atomic E-state index is 0.892. The zero-order valence-corrected chi connectivity index (χ0v) is 15.9. The van der Waals surface area contributed by atoms with Gasteiger partial charge in [0.2, 0.25) is 0 Å². The average molecular weight is 347 g/mol. The summed E-state index contributed by atoms with van der Waals surface area (Å²) in [7, 11) is 0.